The molecule has 0 aliphatic carbocycles. The van der Waals surface area contributed by atoms with Gasteiger partial charge in [-0.25, -0.2) is 15.0 Å². The first kappa shape index (κ1) is 13.0. The van der Waals surface area contributed by atoms with Gasteiger partial charge in [0.2, 0.25) is 0 Å². The topological polar surface area (TPSA) is 74.5 Å². The molecule has 19 heavy (non-hydrogen) atoms. The summed E-state index contributed by atoms with van der Waals surface area (Å²) < 4.78 is 0. The van der Waals surface area contributed by atoms with Gasteiger partial charge in [0.25, 0.3) is 0 Å². The fourth-order valence-electron chi connectivity index (χ4n) is 1.88. The van der Waals surface area contributed by atoms with Crippen molar-refractivity contribution in [1.29, 1.82) is 5.26 Å². The number of nitriles is 1. The lowest BCUT2D eigenvalue weighted by Crippen LogP contribution is -2.07. The minimum absolute atomic E-state index is 0.522. The molecular formula is C14H15N5. The van der Waals surface area contributed by atoms with Crippen LogP contribution in [0.5, 0.6) is 0 Å². The number of anilines is 1. The molecule has 5 nitrogen and oxygen atoms in total. The average Bonchev–Trinajstić information content (AvgIpc) is 2.36. The second-order valence-corrected chi connectivity index (χ2v) is 4.36. The smallest absolute Gasteiger partial charge is 0.144 e. The number of pyridine rings is 1. The summed E-state index contributed by atoms with van der Waals surface area (Å²) in [5.41, 5.74) is 3.27. The molecule has 0 saturated heterocycles. The fourth-order valence-corrected chi connectivity index (χ4v) is 1.88. The van der Waals surface area contributed by atoms with Crippen LogP contribution < -0.4 is 5.32 Å². The number of nitrogens with one attached hydrogen (secondary N) is 1. The maximum Gasteiger partial charge on any atom is 0.144 e. The minimum Gasteiger partial charge on any atom is -0.363 e. The molecule has 0 aromatic carbocycles. The van der Waals surface area contributed by atoms with Crippen LogP contribution in [0.25, 0.3) is 0 Å². The molecule has 0 aliphatic rings. The zero-order valence-corrected chi connectivity index (χ0v) is 11.2. The van der Waals surface area contributed by atoms with E-state index in [1.807, 2.05) is 32.9 Å². The lowest BCUT2D eigenvalue weighted by atomic mass is 10.1. The molecule has 2 heterocycles. The highest BCUT2D eigenvalue weighted by Gasteiger charge is 2.08. The number of aryl methyl sites for hydroxylation is 3. The fraction of sp³-hybridized carbons (Fsp3) is 0.286. The van der Waals surface area contributed by atoms with Gasteiger partial charge < -0.3 is 5.32 Å². The van der Waals surface area contributed by atoms with Crippen LogP contribution in [0.4, 0.5) is 5.82 Å². The first-order valence-corrected chi connectivity index (χ1v) is 6.01. The highest BCUT2D eigenvalue weighted by molar-refractivity contribution is 5.56. The molecule has 5 heteroatoms. The second-order valence-electron chi connectivity index (χ2n) is 4.36. The molecule has 0 bridgehead atoms. The van der Waals surface area contributed by atoms with E-state index in [-0.39, 0.29) is 0 Å². The zero-order chi connectivity index (χ0) is 13.8. The van der Waals surface area contributed by atoms with Crippen molar-refractivity contribution in [2.75, 3.05) is 5.32 Å². The van der Waals surface area contributed by atoms with Crippen molar-refractivity contribution in [1.82, 2.24) is 15.0 Å². The Hall–Kier alpha value is -2.48. The van der Waals surface area contributed by atoms with Gasteiger partial charge in [-0.2, -0.15) is 5.26 Å². The SMILES string of the molecule is Cc1cc(C)c(C#N)c(NCc2ccnc(C)n2)n1. The number of hydrogen-bond donors (Lipinski definition) is 1. The highest BCUT2D eigenvalue weighted by Crippen LogP contribution is 2.18. The summed E-state index contributed by atoms with van der Waals surface area (Å²) in [5.74, 6) is 1.34. The number of nitrogens with zero attached hydrogens (tertiary/aromatic N) is 4. The van der Waals surface area contributed by atoms with Gasteiger partial charge >= 0.3 is 0 Å². The second kappa shape index (κ2) is 5.44. The predicted molar refractivity (Wildman–Crippen MR) is 72.5 cm³/mol. The van der Waals surface area contributed by atoms with Crippen molar-refractivity contribution in [3.05, 3.63) is 46.7 Å². The third kappa shape index (κ3) is 3.05. The Kier molecular flexibility index (Phi) is 3.71. The van der Waals surface area contributed by atoms with E-state index in [9.17, 15) is 5.26 Å². The van der Waals surface area contributed by atoms with Crippen LogP contribution >= 0.6 is 0 Å². The number of rotatable bonds is 3. The van der Waals surface area contributed by atoms with Crippen molar-refractivity contribution in [2.24, 2.45) is 0 Å². The number of aromatic nitrogens is 3. The predicted octanol–water partition coefficient (Wildman–Crippen LogP) is 2.28. The van der Waals surface area contributed by atoms with Crippen LogP contribution in [0, 0.1) is 32.1 Å². The van der Waals surface area contributed by atoms with Gasteiger partial charge in [0, 0.05) is 11.9 Å². The van der Waals surface area contributed by atoms with Gasteiger partial charge in [-0.15, -0.1) is 0 Å². The Bertz CT molecular complexity index is 643. The highest BCUT2D eigenvalue weighted by atomic mass is 15.0. The van der Waals surface area contributed by atoms with Crippen molar-refractivity contribution in [3.8, 4) is 6.07 Å². The van der Waals surface area contributed by atoms with Gasteiger partial charge in [-0.05, 0) is 38.5 Å². The first-order valence-electron chi connectivity index (χ1n) is 6.01. The summed E-state index contributed by atoms with van der Waals surface area (Å²) in [5, 5.41) is 12.3. The summed E-state index contributed by atoms with van der Waals surface area (Å²) in [4.78, 5) is 12.7. The number of hydrogen-bond acceptors (Lipinski definition) is 5. The van der Waals surface area contributed by atoms with E-state index in [0.717, 1.165) is 22.8 Å². The van der Waals surface area contributed by atoms with Crippen LogP contribution in [0.15, 0.2) is 18.3 Å². The third-order valence-corrected chi connectivity index (χ3v) is 2.73. The summed E-state index contributed by atoms with van der Waals surface area (Å²) in [7, 11) is 0. The summed E-state index contributed by atoms with van der Waals surface area (Å²) in [6, 6.07) is 5.92. The molecule has 0 fully saturated rings. The summed E-state index contributed by atoms with van der Waals surface area (Å²) in [6.45, 7) is 6.19. The molecule has 0 unspecified atom stereocenters. The van der Waals surface area contributed by atoms with Crippen LogP contribution in [-0.4, -0.2) is 15.0 Å². The van der Waals surface area contributed by atoms with Gasteiger partial charge in [0.1, 0.15) is 17.7 Å². The van der Waals surface area contributed by atoms with Crippen molar-refractivity contribution in [2.45, 2.75) is 27.3 Å². The van der Waals surface area contributed by atoms with E-state index in [0.29, 0.717) is 17.9 Å². The molecule has 2 aromatic rings. The van der Waals surface area contributed by atoms with Crippen molar-refractivity contribution >= 4 is 5.82 Å². The largest absolute Gasteiger partial charge is 0.363 e. The van der Waals surface area contributed by atoms with Crippen LogP contribution in [0.1, 0.15) is 28.3 Å². The molecule has 2 rings (SSSR count). The van der Waals surface area contributed by atoms with E-state index >= 15 is 0 Å². The Labute approximate surface area is 112 Å². The Morgan fingerprint density at radius 1 is 1.26 bits per heavy atom. The summed E-state index contributed by atoms with van der Waals surface area (Å²) in [6.07, 6.45) is 1.72. The Balaban J connectivity index is 2.22. The molecule has 0 amide bonds. The Morgan fingerprint density at radius 3 is 2.74 bits per heavy atom. The van der Waals surface area contributed by atoms with Gasteiger partial charge in [-0.3, -0.25) is 0 Å². The van der Waals surface area contributed by atoms with Gasteiger partial charge in [0.05, 0.1) is 17.8 Å². The standard InChI is InChI=1S/C14H15N5/c1-9-6-10(2)18-14(13(9)7-15)17-8-12-4-5-16-11(3)19-12/h4-6H,8H2,1-3H3,(H,17,18). The first-order chi connectivity index (χ1) is 9.10. The molecule has 96 valence electrons. The summed E-state index contributed by atoms with van der Waals surface area (Å²) >= 11 is 0. The van der Waals surface area contributed by atoms with E-state index in [4.69, 9.17) is 0 Å². The molecular weight excluding hydrogens is 238 g/mol. The zero-order valence-electron chi connectivity index (χ0n) is 11.2. The van der Waals surface area contributed by atoms with E-state index in [2.05, 4.69) is 26.3 Å². The van der Waals surface area contributed by atoms with E-state index in [1.165, 1.54) is 0 Å². The van der Waals surface area contributed by atoms with Crippen LogP contribution in [0.3, 0.4) is 0 Å². The molecule has 0 aliphatic heterocycles. The Morgan fingerprint density at radius 2 is 2.05 bits per heavy atom. The van der Waals surface area contributed by atoms with Crippen molar-refractivity contribution in [3.63, 3.8) is 0 Å². The van der Waals surface area contributed by atoms with Crippen LogP contribution in [-0.2, 0) is 6.54 Å². The molecule has 0 atom stereocenters. The molecule has 0 saturated carbocycles. The molecule has 0 spiro atoms. The van der Waals surface area contributed by atoms with E-state index in [1.54, 1.807) is 6.20 Å². The van der Waals surface area contributed by atoms with E-state index < -0.39 is 0 Å². The lowest BCUT2D eigenvalue weighted by molar-refractivity contribution is 0.946. The normalized spacial score (nSPS) is 10.0. The van der Waals surface area contributed by atoms with Crippen molar-refractivity contribution < 1.29 is 0 Å². The van der Waals surface area contributed by atoms with Gasteiger partial charge in [-0.1, -0.05) is 0 Å². The van der Waals surface area contributed by atoms with Gasteiger partial charge in [0.15, 0.2) is 0 Å². The molecule has 1 N–H and O–H groups in total. The van der Waals surface area contributed by atoms with Crippen LogP contribution in [0.2, 0.25) is 0 Å². The maximum atomic E-state index is 9.18. The third-order valence-electron chi connectivity index (χ3n) is 2.73. The average molecular weight is 253 g/mol. The minimum atomic E-state index is 0.522. The quantitative estimate of drug-likeness (QED) is 0.908. The maximum absolute atomic E-state index is 9.18. The molecule has 2 aromatic heterocycles. The lowest BCUT2D eigenvalue weighted by Gasteiger charge is -2.10. The molecule has 0 radical (unpaired) electrons. The monoisotopic (exact) mass is 253 g/mol.